The lowest BCUT2D eigenvalue weighted by atomic mass is 10.2. The van der Waals surface area contributed by atoms with E-state index in [9.17, 15) is 13.5 Å². The van der Waals surface area contributed by atoms with E-state index in [0.29, 0.717) is 11.3 Å². The van der Waals surface area contributed by atoms with Crippen LogP contribution in [0, 0.1) is 0 Å². The summed E-state index contributed by atoms with van der Waals surface area (Å²) in [5.41, 5.74) is 1.92. The van der Waals surface area contributed by atoms with E-state index < -0.39 is 10.0 Å². The lowest BCUT2D eigenvalue weighted by Crippen LogP contribution is -2.26. The lowest BCUT2D eigenvalue weighted by molar-refractivity contribution is 0.301. The van der Waals surface area contributed by atoms with E-state index in [1.807, 2.05) is 24.3 Å². The number of aromatic nitrogens is 1. The van der Waals surface area contributed by atoms with E-state index in [2.05, 4.69) is 14.7 Å². The highest BCUT2D eigenvalue weighted by Gasteiger charge is 2.12. The number of nitrogens with one attached hydrogen (secondary N) is 2. The minimum absolute atomic E-state index is 0.0253. The third kappa shape index (κ3) is 3.71. The van der Waals surface area contributed by atoms with Crippen LogP contribution in [-0.2, 0) is 10.0 Å². The fraction of sp³-hybridized carbons (Fsp3) is 0.118. The van der Waals surface area contributed by atoms with Crippen LogP contribution in [0.25, 0.3) is 10.9 Å². The molecule has 2 aromatic carbocycles. The molecule has 0 amide bonds. The number of benzene rings is 2. The summed E-state index contributed by atoms with van der Waals surface area (Å²) in [6.45, 7) is -0.308. The van der Waals surface area contributed by atoms with Crippen molar-refractivity contribution in [3.8, 4) is 5.88 Å². The Labute approximate surface area is 144 Å². The Morgan fingerprint density at radius 2 is 1.84 bits per heavy atom. The molecular formula is C17H17N3O4S. The minimum Gasteiger partial charge on any atom is -0.494 e. The maximum absolute atomic E-state index is 11.9. The second-order valence-corrected chi connectivity index (χ2v) is 7.07. The molecule has 3 rings (SSSR count). The molecule has 0 spiro atoms. The van der Waals surface area contributed by atoms with Crippen LogP contribution in [0.3, 0.4) is 0 Å². The number of aromatic hydroxyl groups is 1. The number of rotatable bonds is 6. The van der Waals surface area contributed by atoms with Crippen LogP contribution in [0.5, 0.6) is 5.88 Å². The number of sulfonamides is 1. The maximum atomic E-state index is 11.9. The zero-order valence-corrected chi connectivity index (χ0v) is 14.0. The van der Waals surface area contributed by atoms with Gasteiger partial charge in [-0.05, 0) is 30.3 Å². The Balaban J connectivity index is 1.84. The Morgan fingerprint density at radius 3 is 2.56 bits per heavy atom. The standard InChI is InChI=1S/C17H17N3O4S/c21-10-9-19-25(23,24)13-7-5-12(6-8-13)18-11-15-14-3-1-2-4-16(14)20-17(15)22/h1-8,11,19-22H,9-10H2. The van der Waals surface area contributed by atoms with Crippen molar-refractivity contribution in [2.45, 2.75) is 4.90 Å². The first-order chi connectivity index (χ1) is 12.0. The molecule has 4 N–H and O–H groups in total. The van der Waals surface area contributed by atoms with Crippen molar-refractivity contribution < 1.29 is 18.6 Å². The Hall–Kier alpha value is -2.68. The number of nitrogens with zero attached hydrogens (tertiary/aromatic N) is 1. The Morgan fingerprint density at radius 1 is 1.12 bits per heavy atom. The van der Waals surface area contributed by atoms with E-state index in [4.69, 9.17) is 5.11 Å². The van der Waals surface area contributed by atoms with Gasteiger partial charge in [-0.2, -0.15) is 0 Å². The molecule has 1 heterocycles. The quantitative estimate of drug-likeness (QED) is 0.503. The number of aromatic amines is 1. The molecule has 8 heteroatoms. The van der Waals surface area contributed by atoms with Crippen molar-refractivity contribution in [1.29, 1.82) is 0 Å². The monoisotopic (exact) mass is 359 g/mol. The van der Waals surface area contributed by atoms with Gasteiger partial charge in [0.15, 0.2) is 5.88 Å². The summed E-state index contributed by atoms with van der Waals surface area (Å²) in [7, 11) is -3.64. The molecule has 0 atom stereocenters. The first kappa shape index (κ1) is 17.2. The van der Waals surface area contributed by atoms with E-state index in [0.717, 1.165) is 10.9 Å². The molecule has 130 valence electrons. The second kappa shape index (κ2) is 7.06. The lowest BCUT2D eigenvalue weighted by Gasteiger charge is -2.05. The summed E-state index contributed by atoms with van der Waals surface area (Å²) in [6.07, 6.45) is 1.53. The topological polar surface area (TPSA) is 115 Å². The molecule has 0 unspecified atom stereocenters. The smallest absolute Gasteiger partial charge is 0.240 e. The molecule has 1 aromatic heterocycles. The van der Waals surface area contributed by atoms with E-state index in [1.165, 1.54) is 18.3 Å². The number of hydrogen-bond acceptors (Lipinski definition) is 5. The Kier molecular flexibility index (Phi) is 4.84. The van der Waals surface area contributed by atoms with Crippen LogP contribution in [0.2, 0.25) is 0 Å². The van der Waals surface area contributed by atoms with Gasteiger partial charge in [-0.25, -0.2) is 13.1 Å². The van der Waals surface area contributed by atoms with E-state index >= 15 is 0 Å². The van der Waals surface area contributed by atoms with Crippen LogP contribution < -0.4 is 4.72 Å². The van der Waals surface area contributed by atoms with Crippen LogP contribution in [0.15, 0.2) is 58.4 Å². The van der Waals surface area contributed by atoms with Crippen LogP contribution in [-0.4, -0.2) is 43.0 Å². The van der Waals surface area contributed by atoms with Gasteiger partial charge in [0.25, 0.3) is 0 Å². The third-order valence-corrected chi connectivity index (χ3v) is 5.10. The van der Waals surface area contributed by atoms with Crippen molar-refractivity contribution in [1.82, 2.24) is 9.71 Å². The predicted molar refractivity (Wildman–Crippen MR) is 95.9 cm³/mol. The molecule has 3 aromatic rings. The largest absolute Gasteiger partial charge is 0.494 e. The molecule has 0 fully saturated rings. The number of aliphatic imine (C=N–C) groups is 1. The van der Waals surface area contributed by atoms with Crippen molar-refractivity contribution >= 4 is 32.8 Å². The molecule has 0 aliphatic heterocycles. The first-order valence-electron chi connectivity index (χ1n) is 7.55. The highest BCUT2D eigenvalue weighted by atomic mass is 32.2. The maximum Gasteiger partial charge on any atom is 0.240 e. The number of para-hydroxylation sites is 1. The average molecular weight is 359 g/mol. The number of H-pyrrole nitrogens is 1. The highest BCUT2D eigenvalue weighted by Crippen LogP contribution is 2.26. The van der Waals surface area contributed by atoms with Gasteiger partial charge in [-0.1, -0.05) is 18.2 Å². The normalized spacial score (nSPS) is 12.2. The summed E-state index contributed by atoms with van der Waals surface area (Å²) < 4.78 is 26.2. The fourth-order valence-corrected chi connectivity index (χ4v) is 3.41. The zero-order valence-electron chi connectivity index (χ0n) is 13.2. The summed E-state index contributed by atoms with van der Waals surface area (Å²) >= 11 is 0. The second-order valence-electron chi connectivity index (χ2n) is 5.31. The predicted octanol–water partition coefficient (Wildman–Crippen LogP) is 1.89. The molecule has 0 aliphatic carbocycles. The fourth-order valence-electron chi connectivity index (χ4n) is 2.39. The van der Waals surface area contributed by atoms with Gasteiger partial charge in [-0.15, -0.1) is 0 Å². The van der Waals surface area contributed by atoms with Crippen molar-refractivity contribution in [2.75, 3.05) is 13.2 Å². The SMILES string of the molecule is O=S(=O)(NCCO)c1ccc(N=Cc2c(O)[nH]c3ccccc23)cc1. The Bertz CT molecular complexity index is 1010. The third-order valence-electron chi connectivity index (χ3n) is 3.62. The van der Waals surface area contributed by atoms with Crippen molar-refractivity contribution in [2.24, 2.45) is 4.99 Å². The summed E-state index contributed by atoms with van der Waals surface area (Å²) in [5, 5.41) is 19.5. The zero-order chi connectivity index (χ0) is 17.9. The molecule has 25 heavy (non-hydrogen) atoms. The summed E-state index contributed by atoms with van der Waals surface area (Å²) in [4.78, 5) is 7.25. The van der Waals surface area contributed by atoms with Crippen LogP contribution in [0.1, 0.15) is 5.56 Å². The van der Waals surface area contributed by atoms with Gasteiger partial charge in [-0.3, -0.25) is 4.99 Å². The molecule has 0 bridgehead atoms. The minimum atomic E-state index is -3.64. The van der Waals surface area contributed by atoms with Gasteiger partial charge in [0.05, 0.1) is 22.8 Å². The first-order valence-corrected chi connectivity index (χ1v) is 9.04. The van der Waals surface area contributed by atoms with Gasteiger partial charge in [0.2, 0.25) is 10.0 Å². The highest BCUT2D eigenvalue weighted by molar-refractivity contribution is 7.89. The molecule has 7 nitrogen and oxygen atoms in total. The van der Waals surface area contributed by atoms with Gasteiger partial charge < -0.3 is 15.2 Å². The average Bonchev–Trinajstić information content (AvgIpc) is 2.94. The van der Waals surface area contributed by atoms with E-state index in [-0.39, 0.29) is 23.9 Å². The number of fused-ring (bicyclic) bond motifs is 1. The molecule has 0 saturated carbocycles. The van der Waals surface area contributed by atoms with Gasteiger partial charge >= 0.3 is 0 Å². The summed E-state index contributed by atoms with van der Waals surface area (Å²) in [6, 6.07) is 13.4. The number of aliphatic hydroxyl groups is 1. The number of aliphatic hydroxyl groups excluding tert-OH is 1. The van der Waals surface area contributed by atoms with Crippen molar-refractivity contribution in [3.63, 3.8) is 0 Å². The number of hydrogen-bond donors (Lipinski definition) is 4. The van der Waals surface area contributed by atoms with Crippen LogP contribution >= 0.6 is 0 Å². The van der Waals surface area contributed by atoms with Gasteiger partial charge in [0, 0.05) is 23.7 Å². The van der Waals surface area contributed by atoms with Crippen LogP contribution in [0.4, 0.5) is 5.69 Å². The summed E-state index contributed by atoms with van der Waals surface area (Å²) in [5.74, 6) is 0.0253. The van der Waals surface area contributed by atoms with Gasteiger partial charge in [0.1, 0.15) is 0 Å². The molecule has 0 saturated heterocycles. The molecule has 0 radical (unpaired) electrons. The van der Waals surface area contributed by atoms with Crippen molar-refractivity contribution in [3.05, 3.63) is 54.1 Å². The molecular weight excluding hydrogens is 342 g/mol. The van der Waals surface area contributed by atoms with E-state index in [1.54, 1.807) is 12.1 Å². The molecule has 0 aliphatic rings.